The summed E-state index contributed by atoms with van der Waals surface area (Å²) in [6.07, 6.45) is 1.15. The van der Waals surface area contributed by atoms with Crippen LogP contribution in [0.25, 0.3) is 0 Å². The van der Waals surface area contributed by atoms with E-state index in [0.717, 1.165) is 18.8 Å². The Morgan fingerprint density at radius 1 is 1.46 bits per heavy atom. The molecular formula is C11H15NS. The van der Waals surface area contributed by atoms with Crippen LogP contribution in [0.3, 0.4) is 0 Å². The lowest BCUT2D eigenvalue weighted by molar-refractivity contribution is 0.376. The first kappa shape index (κ1) is 9.10. The van der Waals surface area contributed by atoms with Crippen LogP contribution in [-0.4, -0.2) is 17.8 Å². The van der Waals surface area contributed by atoms with Crippen molar-refractivity contribution in [2.24, 2.45) is 0 Å². The van der Waals surface area contributed by atoms with Gasteiger partial charge in [0, 0.05) is 17.3 Å². The second-order valence-electron chi connectivity index (χ2n) is 3.55. The summed E-state index contributed by atoms with van der Waals surface area (Å²) >= 11 is 1.97. The zero-order chi connectivity index (χ0) is 9.26. The van der Waals surface area contributed by atoms with E-state index in [4.69, 9.17) is 0 Å². The summed E-state index contributed by atoms with van der Waals surface area (Å²) in [4.78, 5) is 3.88. The lowest BCUT2D eigenvalue weighted by Gasteiger charge is -2.25. The summed E-state index contributed by atoms with van der Waals surface area (Å²) in [5, 5.41) is 0. The van der Waals surface area contributed by atoms with Gasteiger partial charge in [-0.3, -0.25) is 4.90 Å². The van der Waals surface area contributed by atoms with Gasteiger partial charge in [0.05, 0.1) is 0 Å². The molecule has 0 saturated heterocycles. The second-order valence-corrected chi connectivity index (χ2v) is 4.50. The number of rotatable bonds is 1. The molecule has 0 unspecified atom stereocenters. The Labute approximate surface area is 84.1 Å². The highest BCUT2D eigenvalue weighted by molar-refractivity contribution is 7.99. The largest absolute Gasteiger partial charge is 0.293 e. The molecule has 0 aromatic heterocycles. The minimum Gasteiger partial charge on any atom is -0.293 e. The molecule has 2 rings (SSSR count). The molecule has 1 aliphatic rings. The quantitative estimate of drug-likeness (QED) is 0.674. The third-order valence-corrected chi connectivity index (χ3v) is 3.81. The van der Waals surface area contributed by atoms with Crippen LogP contribution in [-0.2, 0) is 13.0 Å². The number of fused-ring (bicyclic) bond motifs is 1. The highest BCUT2D eigenvalue weighted by Gasteiger charge is 2.15. The number of hydrogen-bond donors (Lipinski definition) is 0. The molecule has 13 heavy (non-hydrogen) atoms. The van der Waals surface area contributed by atoms with Crippen LogP contribution >= 0.6 is 11.8 Å². The molecule has 0 spiro atoms. The molecule has 1 heterocycles. The van der Waals surface area contributed by atoms with Crippen molar-refractivity contribution in [2.75, 3.05) is 12.9 Å². The minimum atomic E-state index is 1.11. The third kappa shape index (κ3) is 1.74. The molecule has 0 atom stereocenters. The smallest absolute Gasteiger partial charge is 0.0492 e. The van der Waals surface area contributed by atoms with Gasteiger partial charge in [-0.2, -0.15) is 0 Å². The van der Waals surface area contributed by atoms with Gasteiger partial charge in [0.1, 0.15) is 0 Å². The Balaban J connectivity index is 2.39. The van der Waals surface area contributed by atoms with Gasteiger partial charge < -0.3 is 0 Å². The molecule has 0 radical (unpaired) electrons. The van der Waals surface area contributed by atoms with Crippen molar-refractivity contribution in [3.63, 3.8) is 0 Å². The Morgan fingerprint density at radius 2 is 2.31 bits per heavy atom. The van der Waals surface area contributed by atoms with E-state index in [9.17, 15) is 0 Å². The van der Waals surface area contributed by atoms with Gasteiger partial charge >= 0.3 is 0 Å². The number of aryl methyl sites for hydroxylation is 1. The fourth-order valence-electron chi connectivity index (χ4n) is 1.74. The van der Waals surface area contributed by atoms with E-state index in [1.807, 2.05) is 11.8 Å². The van der Waals surface area contributed by atoms with E-state index in [1.54, 1.807) is 0 Å². The Kier molecular flexibility index (Phi) is 2.61. The lowest BCUT2D eigenvalue weighted by atomic mass is 10.1. The van der Waals surface area contributed by atoms with Crippen molar-refractivity contribution >= 4 is 11.8 Å². The maximum Gasteiger partial charge on any atom is 0.0492 e. The average molecular weight is 193 g/mol. The standard InChI is InChI=1S/C11H15NS/c1-3-9-5-4-6-10-7-12(2)8-13-11(9)10/h4-6H,3,7-8H2,1-2H3. The van der Waals surface area contributed by atoms with Gasteiger partial charge in [-0.25, -0.2) is 0 Å². The Bertz CT molecular complexity index is 309. The number of hydrogen-bond acceptors (Lipinski definition) is 2. The predicted octanol–water partition coefficient (Wildman–Crippen LogP) is 2.74. The minimum absolute atomic E-state index is 1.11. The Hall–Kier alpha value is -0.470. The first-order valence-corrected chi connectivity index (χ1v) is 5.72. The summed E-state index contributed by atoms with van der Waals surface area (Å²) in [5.41, 5.74) is 3.01. The number of benzene rings is 1. The molecule has 1 nitrogen and oxygen atoms in total. The van der Waals surface area contributed by atoms with Gasteiger partial charge in [-0.05, 0) is 24.6 Å². The van der Waals surface area contributed by atoms with Gasteiger partial charge in [0.25, 0.3) is 0 Å². The number of nitrogens with zero attached hydrogens (tertiary/aromatic N) is 1. The molecule has 0 amide bonds. The molecule has 2 heteroatoms. The van der Waals surface area contributed by atoms with Crippen LogP contribution in [0.4, 0.5) is 0 Å². The molecule has 1 aromatic carbocycles. The molecule has 1 aromatic rings. The van der Waals surface area contributed by atoms with Gasteiger partial charge in [-0.1, -0.05) is 25.1 Å². The van der Waals surface area contributed by atoms with Gasteiger partial charge in [-0.15, -0.1) is 11.8 Å². The highest BCUT2D eigenvalue weighted by Crippen LogP contribution is 2.32. The summed E-state index contributed by atoms with van der Waals surface area (Å²) in [6.45, 7) is 3.34. The molecule has 1 aliphatic heterocycles. The molecular weight excluding hydrogens is 178 g/mol. The van der Waals surface area contributed by atoms with Crippen molar-refractivity contribution in [1.82, 2.24) is 4.90 Å². The zero-order valence-corrected chi connectivity index (χ0v) is 9.03. The van der Waals surface area contributed by atoms with Crippen molar-refractivity contribution < 1.29 is 0 Å². The molecule has 0 fully saturated rings. The van der Waals surface area contributed by atoms with E-state index in [2.05, 4.69) is 37.1 Å². The van der Waals surface area contributed by atoms with Crippen LogP contribution in [0.5, 0.6) is 0 Å². The molecule has 70 valence electrons. The zero-order valence-electron chi connectivity index (χ0n) is 8.21. The fraction of sp³-hybridized carbons (Fsp3) is 0.455. The Morgan fingerprint density at radius 3 is 3.08 bits per heavy atom. The summed E-state index contributed by atoms with van der Waals surface area (Å²) in [6, 6.07) is 6.67. The highest BCUT2D eigenvalue weighted by atomic mass is 32.2. The van der Waals surface area contributed by atoms with E-state index in [1.165, 1.54) is 16.0 Å². The fourth-order valence-corrected chi connectivity index (χ4v) is 2.89. The van der Waals surface area contributed by atoms with Gasteiger partial charge in [0.2, 0.25) is 0 Å². The predicted molar refractivity (Wildman–Crippen MR) is 58.0 cm³/mol. The molecule has 0 N–H and O–H groups in total. The van der Waals surface area contributed by atoms with Crippen molar-refractivity contribution in [1.29, 1.82) is 0 Å². The topological polar surface area (TPSA) is 3.24 Å². The van der Waals surface area contributed by atoms with Crippen LogP contribution in [0.1, 0.15) is 18.1 Å². The van der Waals surface area contributed by atoms with Crippen LogP contribution in [0.15, 0.2) is 23.1 Å². The van der Waals surface area contributed by atoms with Gasteiger partial charge in [0.15, 0.2) is 0 Å². The molecule has 0 saturated carbocycles. The first-order chi connectivity index (χ1) is 6.31. The molecule has 0 bridgehead atoms. The summed E-state index contributed by atoms with van der Waals surface area (Å²) < 4.78 is 0. The van der Waals surface area contributed by atoms with E-state index in [0.29, 0.717) is 0 Å². The normalized spacial score (nSPS) is 17.1. The van der Waals surface area contributed by atoms with E-state index >= 15 is 0 Å². The van der Waals surface area contributed by atoms with Crippen molar-refractivity contribution in [3.8, 4) is 0 Å². The van der Waals surface area contributed by atoms with Crippen molar-refractivity contribution in [3.05, 3.63) is 29.3 Å². The molecule has 0 aliphatic carbocycles. The summed E-state index contributed by atoms with van der Waals surface area (Å²) in [5.74, 6) is 1.13. The van der Waals surface area contributed by atoms with Crippen molar-refractivity contribution in [2.45, 2.75) is 24.8 Å². The van der Waals surface area contributed by atoms with Crippen LogP contribution < -0.4 is 0 Å². The van der Waals surface area contributed by atoms with Crippen LogP contribution in [0, 0.1) is 0 Å². The first-order valence-electron chi connectivity index (χ1n) is 4.73. The SMILES string of the molecule is CCc1cccc2c1SCN(C)C2. The van der Waals surface area contributed by atoms with E-state index in [-0.39, 0.29) is 0 Å². The maximum absolute atomic E-state index is 2.35. The van der Waals surface area contributed by atoms with Crippen LogP contribution in [0.2, 0.25) is 0 Å². The number of thioether (sulfide) groups is 1. The van der Waals surface area contributed by atoms with E-state index < -0.39 is 0 Å². The second kappa shape index (κ2) is 3.72. The maximum atomic E-state index is 2.35. The summed E-state index contributed by atoms with van der Waals surface area (Å²) in [7, 11) is 2.18. The monoisotopic (exact) mass is 193 g/mol. The lowest BCUT2D eigenvalue weighted by Crippen LogP contribution is -2.21. The third-order valence-electron chi connectivity index (χ3n) is 2.43. The average Bonchev–Trinajstić information content (AvgIpc) is 2.16.